The molecule has 1 saturated heterocycles. The van der Waals surface area contributed by atoms with Crippen molar-refractivity contribution in [2.75, 3.05) is 13.2 Å². The molecule has 0 saturated carbocycles. The molecule has 0 bridgehead atoms. The molecule has 0 spiro atoms. The predicted octanol–water partition coefficient (Wildman–Crippen LogP) is 1.53. The predicted molar refractivity (Wildman–Crippen MR) is 96.7 cm³/mol. The van der Waals surface area contributed by atoms with Gasteiger partial charge in [0.1, 0.15) is 5.82 Å². The van der Waals surface area contributed by atoms with E-state index in [0.717, 1.165) is 25.1 Å². The molecule has 26 heavy (non-hydrogen) atoms. The third kappa shape index (κ3) is 4.54. The summed E-state index contributed by atoms with van der Waals surface area (Å²) in [6.45, 7) is 5.12. The SMILES string of the molecule is Cc1nc(C)c(CC(=O)N(Cc2ccccn2)C[C@H]2CCCO2)c(=O)[nH]1. The maximum Gasteiger partial charge on any atom is 0.254 e. The van der Waals surface area contributed by atoms with Crippen LogP contribution in [0.1, 0.15) is 35.6 Å². The molecule has 2 aromatic heterocycles. The van der Waals surface area contributed by atoms with Crippen molar-refractivity contribution >= 4 is 5.91 Å². The number of carbonyl (C=O) groups is 1. The molecule has 1 aliphatic rings. The van der Waals surface area contributed by atoms with E-state index in [9.17, 15) is 9.59 Å². The maximum absolute atomic E-state index is 13.0. The molecule has 7 heteroatoms. The molecule has 0 radical (unpaired) electrons. The van der Waals surface area contributed by atoms with Gasteiger partial charge in [-0.05, 0) is 38.8 Å². The molecule has 2 aromatic rings. The maximum atomic E-state index is 13.0. The molecule has 1 N–H and O–H groups in total. The Bertz CT molecular complexity index is 813. The number of ether oxygens (including phenoxy) is 1. The number of nitrogens with one attached hydrogen (secondary N) is 1. The van der Waals surface area contributed by atoms with Gasteiger partial charge >= 0.3 is 0 Å². The number of aryl methyl sites for hydroxylation is 2. The summed E-state index contributed by atoms with van der Waals surface area (Å²) < 4.78 is 5.69. The quantitative estimate of drug-likeness (QED) is 0.848. The van der Waals surface area contributed by atoms with Crippen molar-refractivity contribution in [3.8, 4) is 0 Å². The van der Waals surface area contributed by atoms with E-state index in [-0.39, 0.29) is 24.0 Å². The highest BCUT2D eigenvalue weighted by atomic mass is 16.5. The lowest BCUT2D eigenvalue weighted by Gasteiger charge is -2.25. The van der Waals surface area contributed by atoms with Crippen LogP contribution in [0.2, 0.25) is 0 Å². The van der Waals surface area contributed by atoms with Gasteiger partial charge in [0.2, 0.25) is 5.91 Å². The van der Waals surface area contributed by atoms with Crippen LogP contribution in [-0.4, -0.2) is 45.0 Å². The average molecular weight is 356 g/mol. The minimum Gasteiger partial charge on any atom is -0.376 e. The van der Waals surface area contributed by atoms with Gasteiger partial charge in [-0.25, -0.2) is 4.98 Å². The van der Waals surface area contributed by atoms with Gasteiger partial charge in [-0.2, -0.15) is 0 Å². The molecule has 1 amide bonds. The van der Waals surface area contributed by atoms with Gasteiger partial charge in [0.25, 0.3) is 5.56 Å². The summed E-state index contributed by atoms with van der Waals surface area (Å²) in [5, 5.41) is 0. The normalized spacial score (nSPS) is 16.6. The number of rotatable bonds is 6. The Labute approximate surface area is 152 Å². The fourth-order valence-electron chi connectivity index (χ4n) is 3.20. The van der Waals surface area contributed by atoms with Crippen molar-refractivity contribution in [1.82, 2.24) is 19.9 Å². The monoisotopic (exact) mass is 356 g/mol. The van der Waals surface area contributed by atoms with Crippen molar-refractivity contribution in [3.63, 3.8) is 0 Å². The molecule has 0 aromatic carbocycles. The molecule has 1 atom stereocenters. The Hall–Kier alpha value is -2.54. The van der Waals surface area contributed by atoms with E-state index in [1.807, 2.05) is 18.2 Å². The number of pyridine rings is 1. The summed E-state index contributed by atoms with van der Waals surface area (Å²) in [5.41, 5.74) is 1.57. The van der Waals surface area contributed by atoms with Crippen LogP contribution < -0.4 is 5.56 Å². The number of hydrogen-bond donors (Lipinski definition) is 1. The fraction of sp³-hybridized carbons (Fsp3) is 0.474. The van der Waals surface area contributed by atoms with Gasteiger partial charge in [-0.3, -0.25) is 14.6 Å². The van der Waals surface area contributed by atoms with Crippen molar-refractivity contribution in [2.45, 2.75) is 45.8 Å². The first-order valence-electron chi connectivity index (χ1n) is 8.88. The summed E-state index contributed by atoms with van der Waals surface area (Å²) in [6, 6.07) is 5.63. The van der Waals surface area contributed by atoms with E-state index in [2.05, 4.69) is 15.0 Å². The van der Waals surface area contributed by atoms with Gasteiger partial charge in [0.05, 0.1) is 24.8 Å². The van der Waals surface area contributed by atoms with Crippen LogP contribution in [0.25, 0.3) is 0 Å². The zero-order valence-electron chi connectivity index (χ0n) is 15.2. The zero-order valence-corrected chi connectivity index (χ0v) is 15.2. The van der Waals surface area contributed by atoms with Crippen LogP contribution in [0, 0.1) is 13.8 Å². The Balaban J connectivity index is 1.78. The van der Waals surface area contributed by atoms with Gasteiger partial charge in [-0.15, -0.1) is 0 Å². The number of H-pyrrole nitrogens is 1. The van der Waals surface area contributed by atoms with E-state index in [1.165, 1.54) is 0 Å². The molecular weight excluding hydrogens is 332 g/mol. The molecule has 1 aliphatic heterocycles. The van der Waals surface area contributed by atoms with Gasteiger partial charge in [0, 0.05) is 30.6 Å². The van der Waals surface area contributed by atoms with E-state index in [4.69, 9.17) is 4.74 Å². The summed E-state index contributed by atoms with van der Waals surface area (Å²) in [5.74, 6) is 0.429. The first kappa shape index (κ1) is 18.3. The lowest BCUT2D eigenvalue weighted by molar-refractivity contribution is -0.132. The largest absolute Gasteiger partial charge is 0.376 e. The molecule has 138 valence electrons. The van der Waals surface area contributed by atoms with E-state index < -0.39 is 0 Å². The summed E-state index contributed by atoms with van der Waals surface area (Å²) in [7, 11) is 0. The molecule has 0 aliphatic carbocycles. The molecular formula is C19H24N4O3. The molecule has 0 unspecified atom stereocenters. The Kier molecular flexibility index (Phi) is 5.78. The van der Waals surface area contributed by atoms with Crippen molar-refractivity contribution in [2.24, 2.45) is 0 Å². The smallest absolute Gasteiger partial charge is 0.254 e. The Morgan fingerprint density at radius 1 is 1.38 bits per heavy atom. The number of hydrogen-bond acceptors (Lipinski definition) is 5. The molecule has 7 nitrogen and oxygen atoms in total. The van der Waals surface area contributed by atoms with Crippen LogP contribution in [0.5, 0.6) is 0 Å². The zero-order chi connectivity index (χ0) is 18.5. The van der Waals surface area contributed by atoms with Crippen LogP contribution in [0.15, 0.2) is 29.2 Å². The number of amides is 1. The third-order valence-corrected chi connectivity index (χ3v) is 4.55. The van der Waals surface area contributed by atoms with Crippen LogP contribution >= 0.6 is 0 Å². The van der Waals surface area contributed by atoms with Gasteiger partial charge < -0.3 is 14.6 Å². The second kappa shape index (κ2) is 8.23. The van der Waals surface area contributed by atoms with E-state index in [1.54, 1.807) is 24.9 Å². The molecule has 3 rings (SSSR count). The fourth-order valence-corrected chi connectivity index (χ4v) is 3.20. The summed E-state index contributed by atoms with van der Waals surface area (Å²) in [4.78, 5) is 38.2. The highest BCUT2D eigenvalue weighted by Gasteiger charge is 2.24. The Morgan fingerprint density at radius 2 is 2.23 bits per heavy atom. The number of carbonyl (C=O) groups excluding carboxylic acids is 1. The van der Waals surface area contributed by atoms with Crippen LogP contribution in [-0.2, 0) is 22.5 Å². The van der Waals surface area contributed by atoms with Crippen molar-refractivity contribution < 1.29 is 9.53 Å². The molecule has 1 fully saturated rings. The first-order chi connectivity index (χ1) is 12.5. The van der Waals surface area contributed by atoms with Crippen molar-refractivity contribution in [1.29, 1.82) is 0 Å². The highest BCUT2D eigenvalue weighted by molar-refractivity contribution is 5.79. The number of aromatic nitrogens is 3. The molecule has 3 heterocycles. The van der Waals surface area contributed by atoms with Gasteiger partial charge in [-0.1, -0.05) is 6.07 Å². The summed E-state index contributed by atoms with van der Waals surface area (Å²) in [6.07, 6.45) is 3.73. The highest BCUT2D eigenvalue weighted by Crippen LogP contribution is 2.16. The van der Waals surface area contributed by atoms with Crippen LogP contribution in [0.3, 0.4) is 0 Å². The van der Waals surface area contributed by atoms with Crippen molar-refractivity contribution in [3.05, 3.63) is 57.5 Å². The second-order valence-corrected chi connectivity index (χ2v) is 6.62. The minimum absolute atomic E-state index is 0.0218. The van der Waals surface area contributed by atoms with Crippen LogP contribution in [0.4, 0.5) is 0 Å². The minimum atomic E-state index is -0.252. The van der Waals surface area contributed by atoms with Gasteiger partial charge in [0.15, 0.2) is 0 Å². The second-order valence-electron chi connectivity index (χ2n) is 6.62. The average Bonchev–Trinajstić information content (AvgIpc) is 3.11. The topological polar surface area (TPSA) is 88.2 Å². The number of aromatic amines is 1. The first-order valence-corrected chi connectivity index (χ1v) is 8.88. The van der Waals surface area contributed by atoms with E-state index in [0.29, 0.717) is 30.2 Å². The lowest BCUT2D eigenvalue weighted by atomic mass is 10.1. The third-order valence-electron chi connectivity index (χ3n) is 4.55. The van der Waals surface area contributed by atoms with E-state index >= 15 is 0 Å². The lowest BCUT2D eigenvalue weighted by Crippen LogP contribution is -2.39. The Morgan fingerprint density at radius 3 is 2.88 bits per heavy atom. The number of nitrogens with zero attached hydrogens (tertiary/aromatic N) is 3. The summed E-state index contributed by atoms with van der Waals surface area (Å²) >= 11 is 0. The standard InChI is InChI=1S/C19H24N4O3/c1-13-17(19(25)22-14(2)21-13)10-18(24)23(12-16-7-5-9-26-16)11-15-6-3-4-8-20-15/h3-4,6,8,16H,5,7,9-12H2,1-2H3,(H,21,22,25)/t16-/m1/s1.